The summed E-state index contributed by atoms with van der Waals surface area (Å²) in [5, 5.41) is 0.799. The van der Waals surface area contributed by atoms with Gasteiger partial charge in [0.05, 0.1) is 18.8 Å². The zero-order valence-corrected chi connectivity index (χ0v) is 21.1. The van der Waals surface area contributed by atoms with E-state index in [1.807, 2.05) is 30.3 Å². The van der Waals surface area contributed by atoms with Gasteiger partial charge in [-0.05, 0) is 42.7 Å². The summed E-state index contributed by atoms with van der Waals surface area (Å²) in [6.07, 6.45) is 17.6. The van der Waals surface area contributed by atoms with Crippen LogP contribution in [0.15, 0.2) is 70.7 Å². The summed E-state index contributed by atoms with van der Waals surface area (Å²) in [6.45, 7) is 4.59. The molecule has 3 aromatic rings. The van der Waals surface area contributed by atoms with Gasteiger partial charge in [0.25, 0.3) is 0 Å². The van der Waals surface area contributed by atoms with Gasteiger partial charge in [-0.3, -0.25) is 4.98 Å². The standard InChI is InChI=1S/C30H37NO5/c1-2-29(32)35-21-13-11-9-7-5-3-4-6-8-10-12-20-34-26-16-14-24(15-17-26)27-22-25-23-31-19-18-28(25)36-30(27)33/h2,14-19,22-23H,1,3-13,20-21H2. The molecule has 0 atom stereocenters. The van der Waals surface area contributed by atoms with Crippen LogP contribution in [0.5, 0.6) is 5.75 Å². The van der Waals surface area contributed by atoms with Crippen LogP contribution < -0.4 is 10.4 Å². The number of carbonyl (C=O) groups is 1. The molecule has 0 aliphatic carbocycles. The highest BCUT2D eigenvalue weighted by Crippen LogP contribution is 2.23. The molecule has 0 spiro atoms. The number of unbranched alkanes of at least 4 members (excludes halogenated alkanes) is 10. The first-order valence-corrected chi connectivity index (χ1v) is 13.1. The van der Waals surface area contributed by atoms with Crippen molar-refractivity contribution in [3.8, 4) is 16.9 Å². The quantitative estimate of drug-likeness (QED) is 0.112. The van der Waals surface area contributed by atoms with Crippen LogP contribution in [0.1, 0.15) is 70.6 Å². The van der Waals surface area contributed by atoms with E-state index in [0.717, 1.165) is 36.0 Å². The molecule has 0 unspecified atom stereocenters. The minimum absolute atomic E-state index is 0.330. The van der Waals surface area contributed by atoms with Crippen molar-refractivity contribution < 1.29 is 18.7 Å². The molecule has 6 heteroatoms. The monoisotopic (exact) mass is 491 g/mol. The van der Waals surface area contributed by atoms with E-state index in [9.17, 15) is 9.59 Å². The molecule has 36 heavy (non-hydrogen) atoms. The Morgan fingerprint density at radius 3 is 2.11 bits per heavy atom. The van der Waals surface area contributed by atoms with Gasteiger partial charge in [0.2, 0.25) is 0 Å². The number of pyridine rings is 1. The van der Waals surface area contributed by atoms with E-state index in [4.69, 9.17) is 13.9 Å². The van der Waals surface area contributed by atoms with E-state index < -0.39 is 0 Å². The summed E-state index contributed by atoms with van der Waals surface area (Å²) in [7, 11) is 0. The predicted octanol–water partition coefficient (Wildman–Crippen LogP) is 7.25. The zero-order chi connectivity index (χ0) is 25.4. The van der Waals surface area contributed by atoms with E-state index in [2.05, 4.69) is 11.6 Å². The van der Waals surface area contributed by atoms with Crippen LogP contribution in [-0.2, 0) is 9.53 Å². The second kappa shape index (κ2) is 15.6. The third kappa shape index (κ3) is 9.33. The van der Waals surface area contributed by atoms with E-state index in [1.165, 1.54) is 57.4 Å². The Labute approximate surface area is 213 Å². The maximum atomic E-state index is 12.3. The largest absolute Gasteiger partial charge is 0.494 e. The first-order chi connectivity index (χ1) is 17.7. The molecule has 2 aromatic heterocycles. The average molecular weight is 492 g/mol. The molecule has 2 heterocycles. The Kier molecular flexibility index (Phi) is 11.7. The van der Waals surface area contributed by atoms with Gasteiger partial charge in [-0.1, -0.05) is 76.5 Å². The Balaban J connectivity index is 1.21. The van der Waals surface area contributed by atoms with Crippen LogP contribution in [0.25, 0.3) is 22.1 Å². The van der Waals surface area contributed by atoms with E-state index in [-0.39, 0.29) is 11.6 Å². The third-order valence-corrected chi connectivity index (χ3v) is 6.17. The number of ether oxygens (including phenoxy) is 2. The predicted molar refractivity (Wildman–Crippen MR) is 143 cm³/mol. The highest BCUT2D eigenvalue weighted by atomic mass is 16.5. The van der Waals surface area contributed by atoms with Crippen LogP contribution >= 0.6 is 0 Å². The molecule has 0 N–H and O–H groups in total. The van der Waals surface area contributed by atoms with Crippen LogP contribution in [0, 0.1) is 0 Å². The minimum atomic E-state index is -0.355. The van der Waals surface area contributed by atoms with Gasteiger partial charge in [-0.25, -0.2) is 9.59 Å². The molecule has 0 amide bonds. The lowest BCUT2D eigenvalue weighted by Crippen LogP contribution is -2.03. The fraction of sp³-hybridized carbons (Fsp3) is 0.433. The number of rotatable bonds is 17. The van der Waals surface area contributed by atoms with Crippen molar-refractivity contribution >= 4 is 16.9 Å². The molecule has 0 aliphatic rings. The van der Waals surface area contributed by atoms with Crippen molar-refractivity contribution in [2.24, 2.45) is 0 Å². The molecule has 0 saturated heterocycles. The lowest BCUT2D eigenvalue weighted by Gasteiger charge is -2.08. The van der Waals surface area contributed by atoms with Gasteiger partial charge in [-0.2, -0.15) is 0 Å². The van der Waals surface area contributed by atoms with Gasteiger partial charge < -0.3 is 13.9 Å². The van der Waals surface area contributed by atoms with Crippen molar-refractivity contribution in [2.75, 3.05) is 13.2 Å². The van der Waals surface area contributed by atoms with Crippen molar-refractivity contribution in [3.05, 3.63) is 71.9 Å². The molecular formula is C30H37NO5. The molecule has 3 rings (SSSR count). The molecule has 0 radical (unpaired) electrons. The number of benzene rings is 1. The molecule has 0 aliphatic heterocycles. The molecule has 0 saturated carbocycles. The second-order valence-corrected chi connectivity index (χ2v) is 8.99. The van der Waals surface area contributed by atoms with Crippen LogP contribution in [0.3, 0.4) is 0 Å². The van der Waals surface area contributed by atoms with Crippen LogP contribution in [0.4, 0.5) is 0 Å². The molecule has 0 fully saturated rings. The smallest absolute Gasteiger partial charge is 0.344 e. The van der Waals surface area contributed by atoms with Gasteiger partial charge in [0.1, 0.15) is 11.3 Å². The van der Waals surface area contributed by atoms with Crippen molar-refractivity contribution in [1.82, 2.24) is 4.98 Å². The van der Waals surface area contributed by atoms with Gasteiger partial charge in [0.15, 0.2) is 0 Å². The lowest BCUT2D eigenvalue weighted by atomic mass is 10.1. The van der Waals surface area contributed by atoms with Crippen LogP contribution in [0.2, 0.25) is 0 Å². The van der Waals surface area contributed by atoms with Crippen molar-refractivity contribution in [1.29, 1.82) is 0 Å². The Morgan fingerprint density at radius 2 is 1.47 bits per heavy atom. The van der Waals surface area contributed by atoms with E-state index in [1.54, 1.807) is 18.5 Å². The first-order valence-electron chi connectivity index (χ1n) is 13.1. The summed E-state index contributed by atoms with van der Waals surface area (Å²) in [6, 6.07) is 11.1. The number of hydrogen-bond acceptors (Lipinski definition) is 6. The molecule has 0 bridgehead atoms. The van der Waals surface area contributed by atoms with Gasteiger partial charge in [-0.15, -0.1) is 0 Å². The number of fused-ring (bicyclic) bond motifs is 1. The average Bonchev–Trinajstić information content (AvgIpc) is 2.90. The molecule has 6 nitrogen and oxygen atoms in total. The van der Waals surface area contributed by atoms with Crippen LogP contribution in [-0.4, -0.2) is 24.2 Å². The number of carbonyl (C=O) groups excluding carboxylic acids is 1. The van der Waals surface area contributed by atoms with Gasteiger partial charge >= 0.3 is 11.6 Å². The van der Waals surface area contributed by atoms with Gasteiger partial charge in [0, 0.05) is 23.9 Å². The summed E-state index contributed by atoms with van der Waals surface area (Å²) in [5.74, 6) is 0.479. The summed E-state index contributed by atoms with van der Waals surface area (Å²) < 4.78 is 16.2. The Bertz CT molecular complexity index is 1140. The molecular weight excluding hydrogens is 454 g/mol. The first kappa shape index (κ1) is 27.2. The summed E-state index contributed by atoms with van der Waals surface area (Å²) >= 11 is 0. The highest BCUT2D eigenvalue weighted by Gasteiger charge is 2.08. The maximum absolute atomic E-state index is 12.3. The minimum Gasteiger partial charge on any atom is -0.494 e. The number of nitrogens with zero attached hydrogens (tertiary/aromatic N) is 1. The fourth-order valence-electron chi connectivity index (χ4n) is 4.11. The summed E-state index contributed by atoms with van der Waals surface area (Å²) in [4.78, 5) is 27.4. The van der Waals surface area contributed by atoms with Crippen molar-refractivity contribution in [2.45, 2.75) is 70.6 Å². The SMILES string of the molecule is C=CC(=O)OCCCCCCCCCCCCCOc1ccc(-c2cc3cnccc3oc2=O)cc1. The molecule has 192 valence electrons. The second-order valence-electron chi connectivity index (χ2n) is 8.99. The number of hydrogen-bond donors (Lipinski definition) is 0. The van der Waals surface area contributed by atoms with Crippen molar-refractivity contribution in [3.63, 3.8) is 0 Å². The molecule has 1 aromatic carbocycles. The zero-order valence-electron chi connectivity index (χ0n) is 21.1. The number of aromatic nitrogens is 1. The Morgan fingerprint density at radius 1 is 0.861 bits per heavy atom. The Hall–Kier alpha value is -3.41. The topological polar surface area (TPSA) is 78.6 Å². The fourth-order valence-corrected chi connectivity index (χ4v) is 4.11. The van der Waals surface area contributed by atoms with E-state index in [0.29, 0.717) is 24.4 Å². The van der Waals surface area contributed by atoms with E-state index >= 15 is 0 Å². The normalized spacial score (nSPS) is 10.9. The maximum Gasteiger partial charge on any atom is 0.344 e. The lowest BCUT2D eigenvalue weighted by molar-refractivity contribution is -0.137. The number of esters is 1. The highest BCUT2D eigenvalue weighted by molar-refractivity contribution is 5.81. The summed E-state index contributed by atoms with van der Waals surface area (Å²) in [5.41, 5.74) is 1.51. The third-order valence-electron chi connectivity index (χ3n) is 6.17.